The van der Waals surface area contributed by atoms with Crippen molar-refractivity contribution in [1.29, 1.82) is 5.26 Å². The molecule has 1 aromatic rings. The number of anilines is 1. The number of nitrogen functional groups attached to an aromatic ring is 1. The molecule has 84 valence electrons. The maximum Gasteiger partial charge on any atom is 0.142 e. The number of nitrogens with two attached hydrogens (primary N) is 1. The number of ether oxygens (including phenoxy) is 1. The van der Waals surface area contributed by atoms with E-state index in [2.05, 4.69) is 6.07 Å². The highest BCUT2D eigenvalue weighted by atomic mass is 16.5. The Bertz CT molecular complexity index is 403. The minimum Gasteiger partial charge on any atom is -0.488 e. The number of hydrogen-bond donors (Lipinski definition) is 1. The average molecular weight is 216 g/mol. The minimum atomic E-state index is 0.295. The minimum absolute atomic E-state index is 0.295. The topological polar surface area (TPSA) is 59.0 Å². The van der Waals surface area contributed by atoms with Gasteiger partial charge in [0, 0.05) is 0 Å². The van der Waals surface area contributed by atoms with Crippen LogP contribution in [0.5, 0.6) is 5.75 Å². The lowest BCUT2D eigenvalue weighted by Gasteiger charge is -2.23. The van der Waals surface area contributed by atoms with Crippen molar-refractivity contribution in [2.24, 2.45) is 0 Å². The van der Waals surface area contributed by atoms with Crippen LogP contribution in [-0.2, 0) is 0 Å². The second-order valence-corrected chi connectivity index (χ2v) is 4.24. The SMILES string of the molecule is N#Cc1ccc(OC2CCCCC2)c(N)c1. The summed E-state index contributed by atoms with van der Waals surface area (Å²) in [4.78, 5) is 0. The Morgan fingerprint density at radius 1 is 1.25 bits per heavy atom. The van der Waals surface area contributed by atoms with Gasteiger partial charge in [-0.05, 0) is 43.9 Å². The van der Waals surface area contributed by atoms with E-state index in [-0.39, 0.29) is 0 Å². The van der Waals surface area contributed by atoms with Gasteiger partial charge in [-0.2, -0.15) is 5.26 Å². The zero-order chi connectivity index (χ0) is 11.4. The number of benzene rings is 1. The summed E-state index contributed by atoms with van der Waals surface area (Å²) in [6.07, 6.45) is 6.30. The molecule has 0 bridgehead atoms. The first kappa shape index (κ1) is 10.8. The van der Waals surface area contributed by atoms with Crippen LogP contribution in [0.25, 0.3) is 0 Å². The monoisotopic (exact) mass is 216 g/mol. The Morgan fingerprint density at radius 3 is 2.62 bits per heavy atom. The fourth-order valence-electron chi connectivity index (χ4n) is 2.09. The van der Waals surface area contributed by atoms with Crippen LogP contribution in [0.1, 0.15) is 37.7 Å². The molecule has 0 saturated heterocycles. The first-order valence-electron chi connectivity index (χ1n) is 5.76. The van der Waals surface area contributed by atoms with Crippen molar-refractivity contribution in [2.75, 3.05) is 5.73 Å². The Morgan fingerprint density at radius 2 is 2.00 bits per heavy atom. The van der Waals surface area contributed by atoms with Crippen molar-refractivity contribution in [2.45, 2.75) is 38.2 Å². The molecule has 1 saturated carbocycles. The molecule has 1 fully saturated rings. The number of nitriles is 1. The lowest BCUT2D eigenvalue weighted by Crippen LogP contribution is -2.20. The molecule has 1 aliphatic carbocycles. The maximum absolute atomic E-state index is 8.73. The highest BCUT2D eigenvalue weighted by Gasteiger charge is 2.15. The molecule has 1 aliphatic rings. The maximum atomic E-state index is 8.73. The quantitative estimate of drug-likeness (QED) is 0.773. The summed E-state index contributed by atoms with van der Waals surface area (Å²) in [5.74, 6) is 0.714. The van der Waals surface area contributed by atoms with E-state index in [4.69, 9.17) is 15.7 Å². The summed E-state index contributed by atoms with van der Waals surface area (Å²) in [5.41, 5.74) is 6.98. The molecule has 0 amide bonds. The van der Waals surface area contributed by atoms with E-state index in [1.165, 1.54) is 19.3 Å². The van der Waals surface area contributed by atoms with Crippen molar-refractivity contribution in [1.82, 2.24) is 0 Å². The summed E-state index contributed by atoms with van der Waals surface area (Å²) < 4.78 is 5.85. The molecule has 0 aromatic heterocycles. The number of hydrogen-bond acceptors (Lipinski definition) is 3. The Hall–Kier alpha value is -1.69. The van der Waals surface area contributed by atoms with Gasteiger partial charge in [0.1, 0.15) is 5.75 Å². The molecular formula is C13H16N2O. The van der Waals surface area contributed by atoms with E-state index in [1.54, 1.807) is 18.2 Å². The molecular weight excluding hydrogens is 200 g/mol. The molecule has 16 heavy (non-hydrogen) atoms. The van der Waals surface area contributed by atoms with E-state index in [9.17, 15) is 0 Å². The average Bonchev–Trinajstić information content (AvgIpc) is 2.33. The van der Waals surface area contributed by atoms with Gasteiger partial charge < -0.3 is 10.5 Å². The zero-order valence-electron chi connectivity index (χ0n) is 9.28. The lowest BCUT2D eigenvalue weighted by atomic mass is 9.98. The van der Waals surface area contributed by atoms with Gasteiger partial charge in [0.25, 0.3) is 0 Å². The molecule has 3 nitrogen and oxygen atoms in total. The third kappa shape index (κ3) is 2.46. The molecule has 0 spiro atoms. The van der Waals surface area contributed by atoms with Gasteiger partial charge in [-0.1, -0.05) is 6.42 Å². The van der Waals surface area contributed by atoms with Crippen molar-refractivity contribution < 1.29 is 4.74 Å². The molecule has 0 radical (unpaired) electrons. The number of nitrogens with zero attached hydrogens (tertiary/aromatic N) is 1. The smallest absolute Gasteiger partial charge is 0.142 e. The van der Waals surface area contributed by atoms with E-state index in [1.807, 2.05) is 0 Å². The van der Waals surface area contributed by atoms with Crippen LogP contribution in [0.15, 0.2) is 18.2 Å². The van der Waals surface area contributed by atoms with E-state index < -0.39 is 0 Å². The van der Waals surface area contributed by atoms with Crippen LogP contribution >= 0.6 is 0 Å². The third-order valence-corrected chi connectivity index (χ3v) is 2.98. The van der Waals surface area contributed by atoms with Gasteiger partial charge in [-0.25, -0.2) is 0 Å². The highest BCUT2D eigenvalue weighted by molar-refractivity contribution is 5.56. The second kappa shape index (κ2) is 4.89. The molecule has 0 aliphatic heterocycles. The summed E-state index contributed by atoms with van der Waals surface area (Å²) in [5, 5.41) is 8.73. The van der Waals surface area contributed by atoms with Crippen molar-refractivity contribution in [3.05, 3.63) is 23.8 Å². The first-order valence-corrected chi connectivity index (χ1v) is 5.76. The van der Waals surface area contributed by atoms with E-state index in [0.29, 0.717) is 23.1 Å². The highest BCUT2D eigenvalue weighted by Crippen LogP contribution is 2.28. The van der Waals surface area contributed by atoms with Crippen LogP contribution in [0.3, 0.4) is 0 Å². The van der Waals surface area contributed by atoms with E-state index >= 15 is 0 Å². The second-order valence-electron chi connectivity index (χ2n) is 4.24. The van der Waals surface area contributed by atoms with Crippen molar-refractivity contribution >= 4 is 5.69 Å². The Kier molecular flexibility index (Phi) is 3.31. The summed E-state index contributed by atoms with van der Waals surface area (Å²) in [6.45, 7) is 0. The van der Waals surface area contributed by atoms with E-state index in [0.717, 1.165) is 12.8 Å². The molecule has 1 aromatic carbocycles. The molecule has 0 unspecified atom stereocenters. The molecule has 2 rings (SSSR count). The van der Waals surface area contributed by atoms with Gasteiger partial charge in [0.2, 0.25) is 0 Å². The van der Waals surface area contributed by atoms with Gasteiger partial charge in [0.05, 0.1) is 23.4 Å². The Labute approximate surface area is 95.8 Å². The van der Waals surface area contributed by atoms with Crippen molar-refractivity contribution in [3.8, 4) is 11.8 Å². The fourth-order valence-corrected chi connectivity index (χ4v) is 2.09. The van der Waals surface area contributed by atoms with Crippen molar-refractivity contribution in [3.63, 3.8) is 0 Å². The molecule has 0 atom stereocenters. The largest absolute Gasteiger partial charge is 0.488 e. The lowest BCUT2D eigenvalue weighted by molar-refractivity contribution is 0.156. The standard InChI is InChI=1S/C13H16N2O/c14-9-10-6-7-13(12(15)8-10)16-11-4-2-1-3-5-11/h6-8,11H,1-5,15H2. The van der Waals surface area contributed by atoms with Gasteiger partial charge in [-0.3, -0.25) is 0 Å². The van der Waals surface area contributed by atoms with Gasteiger partial charge >= 0.3 is 0 Å². The molecule has 2 N–H and O–H groups in total. The zero-order valence-corrected chi connectivity index (χ0v) is 9.28. The first-order chi connectivity index (χ1) is 7.79. The predicted octanol–water partition coefficient (Wildman–Crippen LogP) is 2.85. The normalized spacial score (nSPS) is 16.7. The Balaban J connectivity index is 2.06. The third-order valence-electron chi connectivity index (χ3n) is 2.98. The summed E-state index contributed by atoms with van der Waals surface area (Å²) in [6, 6.07) is 7.27. The fraction of sp³-hybridized carbons (Fsp3) is 0.462. The van der Waals surface area contributed by atoms with Crippen LogP contribution in [-0.4, -0.2) is 6.10 Å². The summed E-state index contributed by atoms with van der Waals surface area (Å²) in [7, 11) is 0. The van der Waals surface area contributed by atoms with Crippen LogP contribution in [0, 0.1) is 11.3 Å². The van der Waals surface area contributed by atoms with Gasteiger partial charge in [0.15, 0.2) is 0 Å². The predicted molar refractivity (Wildman–Crippen MR) is 63.1 cm³/mol. The number of rotatable bonds is 2. The molecule has 0 heterocycles. The van der Waals surface area contributed by atoms with Crippen LogP contribution in [0.2, 0.25) is 0 Å². The molecule has 3 heteroatoms. The summed E-state index contributed by atoms with van der Waals surface area (Å²) >= 11 is 0. The van der Waals surface area contributed by atoms with Crippen LogP contribution < -0.4 is 10.5 Å². The van der Waals surface area contributed by atoms with Gasteiger partial charge in [-0.15, -0.1) is 0 Å². The van der Waals surface area contributed by atoms with Crippen LogP contribution in [0.4, 0.5) is 5.69 Å².